The SMILES string of the molecule is CCc1ccc(-c2cc(/C=C3\SC(=O)NC3=O)ccc2OCC2(C)CCc3c(C)c(OCC=C(C)C)c(C)c(C)c3O2)cc1. The van der Waals surface area contributed by atoms with Crippen molar-refractivity contribution in [1.29, 1.82) is 0 Å². The first-order valence-electron chi connectivity index (χ1n) is 15.2. The number of allylic oxidation sites excluding steroid dienone is 1. The number of hydrogen-bond donors (Lipinski definition) is 1. The first-order valence-corrected chi connectivity index (χ1v) is 16.0. The van der Waals surface area contributed by atoms with Crippen LogP contribution in [0, 0.1) is 20.8 Å². The molecule has 0 saturated carbocycles. The summed E-state index contributed by atoms with van der Waals surface area (Å²) < 4.78 is 19.5. The van der Waals surface area contributed by atoms with Crippen molar-refractivity contribution in [1.82, 2.24) is 5.32 Å². The van der Waals surface area contributed by atoms with Crippen molar-refractivity contribution in [2.24, 2.45) is 0 Å². The molecule has 0 aliphatic carbocycles. The summed E-state index contributed by atoms with van der Waals surface area (Å²) in [6.45, 7) is 15.7. The van der Waals surface area contributed by atoms with Gasteiger partial charge in [-0.3, -0.25) is 14.9 Å². The van der Waals surface area contributed by atoms with Crippen molar-refractivity contribution in [3.8, 4) is 28.4 Å². The van der Waals surface area contributed by atoms with Crippen LogP contribution in [0.25, 0.3) is 17.2 Å². The second-order valence-corrected chi connectivity index (χ2v) is 13.1. The highest BCUT2D eigenvalue weighted by atomic mass is 32.2. The van der Waals surface area contributed by atoms with Gasteiger partial charge in [0.2, 0.25) is 0 Å². The molecule has 3 aromatic carbocycles. The molecule has 230 valence electrons. The lowest BCUT2D eigenvalue weighted by atomic mass is 9.87. The predicted molar refractivity (Wildman–Crippen MR) is 179 cm³/mol. The second-order valence-electron chi connectivity index (χ2n) is 12.1. The van der Waals surface area contributed by atoms with E-state index in [9.17, 15) is 9.59 Å². The van der Waals surface area contributed by atoms with E-state index in [2.05, 4.69) is 84.1 Å². The van der Waals surface area contributed by atoms with Gasteiger partial charge in [0.05, 0.1) is 4.91 Å². The van der Waals surface area contributed by atoms with Gasteiger partial charge in [0.15, 0.2) is 0 Å². The topological polar surface area (TPSA) is 73.9 Å². The third-order valence-electron chi connectivity index (χ3n) is 8.43. The molecule has 5 rings (SSSR count). The number of thioether (sulfide) groups is 1. The van der Waals surface area contributed by atoms with Gasteiger partial charge in [0.1, 0.15) is 36.1 Å². The van der Waals surface area contributed by atoms with Crippen LogP contribution < -0.4 is 19.5 Å². The monoisotopic (exact) mass is 611 g/mol. The quantitative estimate of drug-likeness (QED) is 0.193. The van der Waals surface area contributed by atoms with Gasteiger partial charge in [-0.2, -0.15) is 0 Å². The zero-order chi connectivity index (χ0) is 31.6. The van der Waals surface area contributed by atoms with Gasteiger partial charge in [0.25, 0.3) is 11.1 Å². The van der Waals surface area contributed by atoms with Crippen molar-refractivity contribution in [3.63, 3.8) is 0 Å². The van der Waals surface area contributed by atoms with Gasteiger partial charge >= 0.3 is 0 Å². The number of benzene rings is 3. The lowest BCUT2D eigenvalue weighted by molar-refractivity contribution is -0.115. The molecule has 0 bridgehead atoms. The molecule has 1 atom stereocenters. The maximum atomic E-state index is 12.2. The number of carbonyl (C=O) groups excluding carboxylic acids is 2. The van der Waals surface area contributed by atoms with Crippen LogP contribution >= 0.6 is 11.8 Å². The second kappa shape index (κ2) is 12.9. The van der Waals surface area contributed by atoms with E-state index in [0.29, 0.717) is 18.1 Å². The van der Waals surface area contributed by atoms with Gasteiger partial charge in [-0.05, 0) is 130 Å². The summed E-state index contributed by atoms with van der Waals surface area (Å²) in [5.74, 6) is 2.25. The van der Waals surface area contributed by atoms with Crippen molar-refractivity contribution >= 4 is 29.0 Å². The Morgan fingerprint density at radius 1 is 1.02 bits per heavy atom. The molecule has 0 spiro atoms. The summed E-state index contributed by atoms with van der Waals surface area (Å²) in [6, 6.07) is 14.3. The Balaban J connectivity index is 1.41. The number of fused-ring (bicyclic) bond motifs is 1. The van der Waals surface area contributed by atoms with E-state index in [1.807, 2.05) is 18.2 Å². The van der Waals surface area contributed by atoms with Crippen LogP contribution in [0.1, 0.15) is 67.5 Å². The summed E-state index contributed by atoms with van der Waals surface area (Å²) in [5, 5.41) is 1.97. The van der Waals surface area contributed by atoms with Gasteiger partial charge in [-0.25, -0.2) is 0 Å². The number of imide groups is 1. The minimum atomic E-state index is -0.524. The Bertz CT molecular complexity index is 1670. The van der Waals surface area contributed by atoms with Crippen LogP contribution in [0.3, 0.4) is 0 Å². The zero-order valence-electron chi connectivity index (χ0n) is 26.7. The smallest absolute Gasteiger partial charge is 0.290 e. The summed E-state index contributed by atoms with van der Waals surface area (Å²) in [6.07, 6.45) is 6.47. The molecular formula is C37H41NO5S. The maximum Gasteiger partial charge on any atom is 0.290 e. The van der Waals surface area contributed by atoms with E-state index in [0.717, 1.165) is 81.7 Å². The number of rotatable bonds is 9. The molecule has 1 fully saturated rings. The van der Waals surface area contributed by atoms with Crippen molar-refractivity contribution in [2.75, 3.05) is 13.2 Å². The van der Waals surface area contributed by atoms with Crippen molar-refractivity contribution in [3.05, 3.63) is 92.4 Å². The number of hydrogen-bond acceptors (Lipinski definition) is 6. The molecule has 1 N–H and O–H groups in total. The third-order valence-corrected chi connectivity index (χ3v) is 9.24. The van der Waals surface area contributed by atoms with Crippen molar-refractivity contribution < 1.29 is 23.8 Å². The fraction of sp³-hybridized carbons (Fsp3) is 0.351. The standard InChI is InChI=1S/C37H41NO5S/c1-8-26-9-12-28(13-10-26)30-19-27(20-32-35(39)38-36(40)44-32)11-14-31(30)42-21-37(7)17-15-29-25(6)33(41-18-16-22(2)3)23(4)24(5)34(29)43-37/h9-14,16,19-20H,8,15,17-18,21H2,1-7H3,(H,38,39,40)/b32-20-. The number of aryl methyl sites for hydroxylation is 1. The average Bonchev–Trinajstić information content (AvgIpc) is 3.32. The van der Waals surface area contributed by atoms with Crippen LogP contribution in [0.15, 0.2) is 59.0 Å². The fourth-order valence-corrected chi connectivity index (χ4v) is 6.29. The van der Waals surface area contributed by atoms with Crippen LogP contribution in [0.5, 0.6) is 17.2 Å². The highest BCUT2D eigenvalue weighted by molar-refractivity contribution is 8.18. The number of nitrogens with one attached hydrogen (secondary N) is 1. The van der Waals surface area contributed by atoms with E-state index in [-0.39, 0.29) is 11.1 Å². The number of amides is 2. The molecule has 1 saturated heterocycles. The van der Waals surface area contributed by atoms with E-state index in [4.69, 9.17) is 14.2 Å². The summed E-state index contributed by atoms with van der Waals surface area (Å²) in [5.41, 5.74) is 9.26. The van der Waals surface area contributed by atoms with Gasteiger partial charge in [-0.1, -0.05) is 42.8 Å². The molecule has 2 heterocycles. The molecule has 2 amide bonds. The minimum Gasteiger partial charge on any atom is -0.489 e. The number of carbonyl (C=O) groups is 2. The summed E-state index contributed by atoms with van der Waals surface area (Å²) in [7, 11) is 0. The van der Waals surface area contributed by atoms with Gasteiger partial charge in [0, 0.05) is 11.1 Å². The Kier molecular flexibility index (Phi) is 9.26. The Hall–Kier alpha value is -3.97. The molecule has 3 aromatic rings. The van der Waals surface area contributed by atoms with Crippen LogP contribution in [-0.4, -0.2) is 30.0 Å². The molecule has 6 nitrogen and oxygen atoms in total. The third kappa shape index (κ3) is 6.73. The Morgan fingerprint density at radius 2 is 1.77 bits per heavy atom. The van der Waals surface area contributed by atoms with E-state index < -0.39 is 5.60 Å². The Labute approximate surface area is 264 Å². The molecule has 7 heteroatoms. The largest absolute Gasteiger partial charge is 0.489 e. The van der Waals surface area contributed by atoms with Crippen LogP contribution in [0.4, 0.5) is 4.79 Å². The molecular weight excluding hydrogens is 570 g/mol. The molecule has 0 aromatic heterocycles. The zero-order valence-corrected chi connectivity index (χ0v) is 27.5. The van der Waals surface area contributed by atoms with Crippen LogP contribution in [0.2, 0.25) is 0 Å². The van der Waals surface area contributed by atoms with E-state index >= 15 is 0 Å². The maximum absolute atomic E-state index is 12.2. The first-order chi connectivity index (χ1) is 21.0. The normalized spacial score (nSPS) is 18.5. The first kappa shape index (κ1) is 31.5. The molecule has 0 radical (unpaired) electrons. The molecule has 44 heavy (non-hydrogen) atoms. The average molecular weight is 612 g/mol. The number of ether oxygens (including phenoxy) is 3. The van der Waals surface area contributed by atoms with Crippen LogP contribution in [-0.2, 0) is 17.6 Å². The highest BCUT2D eigenvalue weighted by Crippen LogP contribution is 2.44. The summed E-state index contributed by atoms with van der Waals surface area (Å²) >= 11 is 0.914. The van der Waals surface area contributed by atoms with Gasteiger partial charge < -0.3 is 14.2 Å². The lowest BCUT2D eigenvalue weighted by Crippen LogP contribution is -2.42. The fourth-order valence-electron chi connectivity index (χ4n) is 5.60. The lowest BCUT2D eigenvalue weighted by Gasteiger charge is -2.38. The Morgan fingerprint density at radius 3 is 2.43 bits per heavy atom. The highest BCUT2D eigenvalue weighted by Gasteiger charge is 2.36. The van der Waals surface area contributed by atoms with Gasteiger partial charge in [-0.15, -0.1) is 0 Å². The minimum absolute atomic E-state index is 0.355. The molecule has 2 aliphatic rings. The molecule has 1 unspecified atom stereocenters. The summed E-state index contributed by atoms with van der Waals surface area (Å²) in [4.78, 5) is 24.2. The molecule has 2 aliphatic heterocycles. The van der Waals surface area contributed by atoms with Crippen molar-refractivity contribution in [2.45, 2.75) is 73.3 Å². The van der Waals surface area contributed by atoms with E-state index in [1.165, 1.54) is 16.7 Å². The predicted octanol–water partition coefficient (Wildman–Crippen LogP) is 8.67. The van der Waals surface area contributed by atoms with E-state index in [1.54, 1.807) is 6.08 Å².